The topological polar surface area (TPSA) is 86.8 Å². The standard InChI is InChI=1S/C28H32ClN3O4S/c1-5-26(28(34)30-4)31(18-22-8-6-7-21(3)17-22)27(33)19-32(24-13-9-20(2)10-14-24)37(35,36)25-15-11-23(29)12-16-25/h6-17,26H,5,18-19H2,1-4H3,(H,30,34). The van der Waals surface area contributed by atoms with Gasteiger partial charge in [-0.05, 0) is 62.2 Å². The van der Waals surface area contributed by atoms with Crippen LogP contribution < -0.4 is 9.62 Å². The number of carbonyl (C=O) groups is 2. The molecule has 2 amide bonds. The van der Waals surface area contributed by atoms with E-state index >= 15 is 0 Å². The monoisotopic (exact) mass is 541 g/mol. The molecule has 7 nitrogen and oxygen atoms in total. The Morgan fingerprint density at radius 2 is 1.59 bits per heavy atom. The van der Waals surface area contributed by atoms with Crippen molar-refractivity contribution < 1.29 is 18.0 Å². The molecule has 1 N–H and O–H groups in total. The molecule has 0 saturated heterocycles. The average molecular weight is 542 g/mol. The molecule has 1 unspecified atom stereocenters. The molecule has 196 valence electrons. The van der Waals surface area contributed by atoms with E-state index in [1.807, 2.05) is 45.0 Å². The number of nitrogens with one attached hydrogen (secondary N) is 1. The van der Waals surface area contributed by atoms with Crippen LogP contribution in [0.15, 0.2) is 77.7 Å². The lowest BCUT2D eigenvalue weighted by molar-refractivity contribution is -0.140. The predicted molar refractivity (Wildman–Crippen MR) is 147 cm³/mol. The quantitative estimate of drug-likeness (QED) is 0.403. The fourth-order valence-electron chi connectivity index (χ4n) is 4.07. The molecule has 0 radical (unpaired) electrons. The van der Waals surface area contributed by atoms with Crippen molar-refractivity contribution in [1.29, 1.82) is 0 Å². The molecule has 0 spiro atoms. The zero-order valence-electron chi connectivity index (χ0n) is 21.4. The number of nitrogens with zero attached hydrogens (tertiary/aromatic N) is 2. The first-order chi connectivity index (χ1) is 17.6. The Hall–Kier alpha value is -3.36. The summed E-state index contributed by atoms with van der Waals surface area (Å²) in [5.74, 6) is -0.805. The van der Waals surface area contributed by atoms with Crippen molar-refractivity contribution in [3.63, 3.8) is 0 Å². The van der Waals surface area contributed by atoms with Gasteiger partial charge in [0.1, 0.15) is 12.6 Å². The van der Waals surface area contributed by atoms with Crippen LogP contribution in [0.3, 0.4) is 0 Å². The molecule has 0 heterocycles. The summed E-state index contributed by atoms with van der Waals surface area (Å²) in [7, 11) is -2.61. The minimum absolute atomic E-state index is 0.00820. The van der Waals surface area contributed by atoms with E-state index in [0.717, 1.165) is 21.0 Å². The first kappa shape index (κ1) is 28.2. The lowest BCUT2D eigenvalue weighted by Gasteiger charge is -2.33. The number of amides is 2. The van der Waals surface area contributed by atoms with Crippen LogP contribution in [-0.4, -0.2) is 44.8 Å². The number of rotatable bonds is 10. The van der Waals surface area contributed by atoms with E-state index < -0.39 is 28.5 Å². The third-order valence-electron chi connectivity index (χ3n) is 6.07. The second kappa shape index (κ2) is 12.3. The third-order valence-corrected chi connectivity index (χ3v) is 8.11. The molecule has 3 aromatic rings. The number of hydrogen-bond donors (Lipinski definition) is 1. The highest BCUT2D eigenvalue weighted by Crippen LogP contribution is 2.26. The van der Waals surface area contributed by atoms with Crippen LogP contribution in [0.2, 0.25) is 5.02 Å². The molecule has 0 fully saturated rings. The molecule has 0 aromatic heterocycles. The molecule has 1 atom stereocenters. The lowest BCUT2D eigenvalue weighted by atomic mass is 10.1. The number of aryl methyl sites for hydroxylation is 2. The summed E-state index contributed by atoms with van der Waals surface area (Å²) in [6, 6.07) is 19.6. The van der Waals surface area contributed by atoms with Crippen LogP contribution in [0.25, 0.3) is 0 Å². The number of hydrogen-bond acceptors (Lipinski definition) is 4. The Balaban J connectivity index is 2.05. The number of carbonyl (C=O) groups excluding carboxylic acids is 2. The smallest absolute Gasteiger partial charge is 0.264 e. The van der Waals surface area contributed by atoms with Crippen molar-refractivity contribution in [2.75, 3.05) is 17.9 Å². The highest BCUT2D eigenvalue weighted by Gasteiger charge is 2.33. The van der Waals surface area contributed by atoms with Crippen LogP contribution in [0.4, 0.5) is 5.69 Å². The SMILES string of the molecule is CCC(C(=O)NC)N(Cc1cccc(C)c1)C(=O)CN(c1ccc(C)cc1)S(=O)(=O)c1ccc(Cl)cc1. The molecular formula is C28H32ClN3O4S. The number of benzene rings is 3. The average Bonchev–Trinajstić information content (AvgIpc) is 2.87. The Kier molecular flexibility index (Phi) is 9.34. The van der Waals surface area contributed by atoms with Gasteiger partial charge in [0.15, 0.2) is 0 Å². The zero-order valence-corrected chi connectivity index (χ0v) is 23.0. The first-order valence-electron chi connectivity index (χ1n) is 12.0. The second-order valence-electron chi connectivity index (χ2n) is 8.85. The summed E-state index contributed by atoms with van der Waals surface area (Å²) in [4.78, 5) is 28.1. The Labute approximate surface area is 224 Å². The number of likely N-dealkylation sites (N-methyl/N-ethyl adjacent to an activating group) is 1. The van der Waals surface area contributed by atoms with Gasteiger partial charge in [-0.15, -0.1) is 0 Å². The van der Waals surface area contributed by atoms with Gasteiger partial charge >= 0.3 is 0 Å². The van der Waals surface area contributed by atoms with Gasteiger partial charge in [-0.2, -0.15) is 0 Å². The van der Waals surface area contributed by atoms with Crippen molar-refractivity contribution in [2.24, 2.45) is 0 Å². The van der Waals surface area contributed by atoms with Gasteiger partial charge in [-0.3, -0.25) is 13.9 Å². The zero-order chi connectivity index (χ0) is 27.2. The first-order valence-corrected chi connectivity index (χ1v) is 13.8. The van der Waals surface area contributed by atoms with E-state index in [1.54, 1.807) is 24.3 Å². The van der Waals surface area contributed by atoms with Crippen molar-refractivity contribution in [3.05, 3.63) is 94.5 Å². The van der Waals surface area contributed by atoms with Crippen LogP contribution in [0, 0.1) is 13.8 Å². The van der Waals surface area contributed by atoms with E-state index in [-0.39, 0.29) is 17.3 Å². The van der Waals surface area contributed by atoms with Crippen LogP contribution in [0.1, 0.15) is 30.0 Å². The fourth-order valence-corrected chi connectivity index (χ4v) is 5.61. The van der Waals surface area contributed by atoms with Gasteiger partial charge in [-0.1, -0.05) is 66.0 Å². The Morgan fingerprint density at radius 1 is 0.946 bits per heavy atom. The Morgan fingerprint density at radius 3 is 2.16 bits per heavy atom. The van der Waals surface area contributed by atoms with Gasteiger partial charge in [0, 0.05) is 18.6 Å². The largest absolute Gasteiger partial charge is 0.357 e. The lowest BCUT2D eigenvalue weighted by Crippen LogP contribution is -2.51. The van der Waals surface area contributed by atoms with Gasteiger partial charge in [0.05, 0.1) is 10.6 Å². The van der Waals surface area contributed by atoms with Crippen LogP contribution >= 0.6 is 11.6 Å². The van der Waals surface area contributed by atoms with Gasteiger partial charge in [0.2, 0.25) is 11.8 Å². The van der Waals surface area contributed by atoms with Crippen molar-refractivity contribution in [2.45, 2.75) is 44.7 Å². The predicted octanol–water partition coefficient (Wildman–Crippen LogP) is 4.71. The minimum atomic E-state index is -4.12. The molecule has 9 heteroatoms. The fraction of sp³-hybridized carbons (Fsp3) is 0.286. The van der Waals surface area contributed by atoms with Crippen LogP contribution in [0.5, 0.6) is 0 Å². The summed E-state index contributed by atoms with van der Waals surface area (Å²) >= 11 is 5.98. The summed E-state index contributed by atoms with van der Waals surface area (Å²) in [6.07, 6.45) is 0.367. The number of halogens is 1. The molecule has 0 aliphatic carbocycles. The third kappa shape index (κ3) is 6.90. The van der Waals surface area contributed by atoms with Crippen molar-refractivity contribution >= 4 is 39.1 Å². The highest BCUT2D eigenvalue weighted by atomic mass is 35.5. The maximum atomic E-state index is 13.9. The van der Waals surface area contributed by atoms with E-state index in [9.17, 15) is 18.0 Å². The van der Waals surface area contributed by atoms with E-state index in [0.29, 0.717) is 17.1 Å². The van der Waals surface area contributed by atoms with E-state index in [1.165, 1.54) is 36.2 Å². The molecule has 0 bridgehead atoms. The number of sulfonamides is 1. The number of anilines is 1. The normalized spacial score (nSPS) is 12.0. The molecule has 0 saturated carbocycles. The minimum Gasteiger partial charge on any atom is -0.357 e. The van der Waals surface area contributed by atoms with Crippen molar-refractivity contribution in [3.8, 4) is 0 Å². The van der Waals surface area contributed by atoms with Gasteiger partial charge in [0.25, 0.3) is 10.0 Å². The summed E-state index contributed by atoms with van der Waals surface area (Å²) in [5.41, 5.74) is 3.16. The summed E-state index contributed by atoms with van der Waals surface area (Å²) in [6.45, 7) is 5.34. The van der Waals surface area contributed by atoms with E-state index in [2.05, 4.69) is 5.32 Å². The highest BCUT2D eigenvalue weighted by molar-refractivity contribution is 7.92. The molecule has 0 aliphatic rings. The van der Waals surface area contributed by atoms with Gasteiger partial charge in [-0.25, -0.2) is 8.42 Å². The maximum Gasteiger partial charge on any atom is 0.264 e. The molecule has 37 heavy (non-hydrogen) atoms. The van der Waals surface area contributed by atoms with Gasteiger partial charge < -0.3 is 10.2 Å². The second-order valence-corrected chi connectivity index (χ2v) is 11.1. The molecule has 0 aliphatic heterocycles. The molecule has 3 aromatic carbocycles. The summed E-state index contributed by atoms with van der Waals surface area (Å²) < 4.78 is 28.6. The Bertz CT molecular complexity index is 1340. The van der Waals surface area contributed by atoms with E-state index in [4.69, 9.17) is 11.6 Å². The van der Waals surface area contributed by atoms with Crippen LogP contribution in [-0.2, 0) is 26.2 Å². The van der Waals surface area contributed by atoms with Crippen molar-refractivity contribution in [1.82, 2.24) is 10.2 Å². The summed E-state index contributed by atoms with van der Waals surface area (Å²) in [5, 5.41) is 3.02. The molecular weight excluding hydrogens is 510 g/mol. The molecule has 3 rings (SSSR count). The maximum absolute atomic E-state index is 13.9.